The highest BCUT2D eigenvalue weighted by Crippen LogP contribution is 2.35. The van der Waals surface area contributed by atoms with Crippen molar-refractivity contribution in [3.05, 3.63) is 47.0 Å². The van der Waals surface area contributed by atoms with Crippen molar-refractivity contribution in [2.75, 3.05) is 0 Å². The molecule has 2 atom stereocenters. The summed E-state index contributed by atoms with van der Waals surface area (Å²) in [7, 11) is 0. The summed E-state index contributed by atoms with van der Waals surface area (Å²) in [5, 5.41) is 10.4. The lowest BCUT2D eigenvalue weighted by Gasteiger charge is -2.32. The maximum atomic E-state index is 14.0. The Balaban J connectivity index is 1.74. The Bertz CT molecular complexity index is 787. The molecule has 0 spiro atoms. The van der Waals surface area contributed by atoms with Gasteiger partial charge in [0, 0.05) is 6.92 Å². The third-order valence-electron chi connectivity index (χ3n) is 4.43. The van der Waals surface area contributed by atoms with Crippen molar-refractivity contribution < 1.29 is 14.0 Å². The van der Waals surface area contributed by atoms with Crippen molar-refractivity contribution in [3.8, 4) is 0 Å². The molecule has 0 saturated carbocycles. The average Bonchev–Trinajstić information content (AvgIpc) is 2.99. The summed E-state index contributed by atoms with van der Waals surface area (Å²) < 4.78 is 15.3. The lowest BCUT2D eigenvalue weighted by atomic mass is 9.80. The minimum absolute atomic E-state index is 0.0336. The summed E-state index contributed by atoms with van der Waals surface area (Å²) in [6.45, 7) is 3.40. The number of carbonyl (C=O) groups is 2. The van der Waals surface area contributed by atoms with Crippen molar-refractivity contribution in [2.24, 2.45) is 5.92 Å². The summed E-state index contributed by atoms with van der Waals surface area (Å²) >= 11 is 0. The Morgan fingerprint density at radius 2 is 2.21 bits per heavy atom. The van der Waals surface area contributed by atoms with E-state index in [1.54, 1.807) is 6.07 Å². The molecule has 126 valence electrons. The summed E-state index contributed by atoms with van der Waals surface area (Å²) in [6, 6.07) is 4.75. The zero-order valence-corrected chi connectivity index (χ0v) is 13.6. The molecule has 6 nitrogen and oxygen atoms in total. The third-order valence-corrected chi connectivity index (χ3v) is 4.43. The lowest BCUT2D eigenvalue weighted by molar-refractivity contribution is -0.123. The lowest BCUT2D eigenvalue weighted by Crippen LogP contribution is -2.37. The highest BCUT2D eigenvalue weighted by molar-refractivity contribution is 5.91. The summed E-state index contributed by atoms with van der Waals surface area (Å²) in [6.07, 6.45) is 2.94. The van der Waals surface area contributed by atoms with Crippen LogP contribution in [0.5, 0.6) is 0 Å². The molecule has 0 radical (unpaired) electrons. The van der Waals surface area contributed by atoms with E-state index in [-0.39, 0.29) is 41.7 Å². The van der Waals surface area contributed by atoms with E-state index in [2.05, 4.69) is 15.6 Å². The first-order chi connectivity index (χ1) is 11.5. The maximum absolute atomic E-state index is 14.0. The molecular formula is C17H19FN4O2. The van der Waals surface area contributed by atoms with Crippen LogP contribution >= 0.6 is 0 Å². The molecule has 3 rings (SSSR count). The van der Waals surface area contributed by atoms with Crippen LogP contribution in [0.4, 0.5) is 4.39 Å². The normalized spacial score (nSPS) is 19.6. The highest BCUT2D eigenvalue weighted by Gasteiger charge is 2.29. The minimum atomic E-state index is -0.246. The van der Waals surface area contributed by atoms with Crippen LogP contribution in [0.25, 0.3) is 0 Å². The van der Waals surface area contributed by atoms with Gasteiger partial charge < -0.3 is 5.32 Å². The fourth-order valence-electron chi connectivity index (χ4n) is 3.10. The number of nitrogens with one attached hydrogen (secondary N) is 1. The van der Waals surface area contributed by atoms with E-state index < -0.39 is 0 Å². The summed E-state index contributed by atoms with van der Waals surface area (Å²) in [5.74, 6) is -0.455. The molecule has 2 unspecified atom stereocenters. The van der Waals surface area contributed by atoms with Gasteiger partial charge in [-0.25, -0.2) is 9.07 Å². The van der Waals surface area contributed by atoms with E-state index in [1.807, 2.05) is 13.0 Å². The van der Waals surface area contributed by atoms with Gasteiger partial charge >= 0.3 is 0 Å². The number of fused-ring (bicyclic) bond motifs is 1. The van der Waals surface area contributed by atoms with E-state index in [1.165, 1.54) is 23.9 Å². The molecule has 1 amide bonds. The molecule has 2 aromatic rings. The first-order valence-electron chi connectivity index (χ1n) is 7.93. The molecule has 1 aromatic carbocycles. The molecule has 7 heteroatoms. The second-order valence-electron chi connectivity index (χ2n) is 6.23. The van der Waals surface area contributed by atoms with Gasteiger partial charge in [0.1, 0.15) is 18.1 Å². The van der Waals surface area contributed by atoms with E-state index in [0.717, 1.165) is 12.0 Å². The van der Waals surface area contributed by atoms with Gasteiger partial charge in [-0.3, -0.25) is 9.59 Å². The average molecular weight is 330 g/mol. The van der Waals surface area contributed by atoms with Crippen LogP contribution < -0.4 is 5.32 Å². The molecule has 0 saturated heterocycles. The van der Waals surface area contributed by atoms with Gasteiger partial charge in [-0.1, -0.05) is 24.3 Å². The van der Waals surface area contributed by atoms with Crippen LogP contribution in [0, 0.1) is 11.7 Å². The molecule has 0 aliphatic heterocycles. The Labute approximate surface area is 139 Å². The van der Waals surface area contributed by atoms with E-state index >= 15 is 0 Å². The fraction of sp³-hybridized carbons (Fsp3) is 0.412. The number of hydrogen-bond donors (Lipinski definition) is 1. The molecule has 1 N–H and O–H groups in total. The third kappa shape index (κ3) is 3.20. The second kappa shape index (κ2) is 6.51. The van der Waals surface area contributed by atoms with Gasteiger partial charge in [-0.2, -0.15) is 0 Å². The largest absolute Gasteiger partial charge is 0.347 e. The maximum Gasteiger partial charge on any atom is 0.242 e. The van der Waals surface area contributed by atoms with Crippen LogP contribution in [0.15, 0.2) is 24.4 Å². The zero-order valence-electron chi connectivity index (χ0n) is 13.6. The molecule has 1 aliphatic rings. The molecule has 1 aromatic heterocycles. The van der Waals surface area contributed by atoms with Gasteiger partial charge in [0.25, 0.3) is 0 Å². The van der Waals surface area contributed by atoms with E-state index in [0.29, 0.717) is 12.0 Å². The topological polar surface area (TPSA) is 76.9 Å². The van der Waals surface area contributed by atoms with Crippen LogP contribution in [0.2, 0.25) is 0 Å². The smallest absolute Gasteiger partial charge is 0.242 e. The Morgan fingerprint density at radius 3 is 2.92 bits per heavy atom. The van der Waals surface area contributed by atoms with Crippen molar-refractivity contribution in [2.45, 2.75) is 39.3 Å². The van der Waals surface area contributed by atoms with Gasteiger partial charge in [-0.05, 0) is 36.0 Å². The highest BCUT2D eigenvalue weighted by atomic mass is 19.1. The molecule has 1 heterocycles. The van der Waals surface area contributed by atoms with Gasteiger partial charge in [-0.15, -0.1) is 5.10 Å². The van der Waals surface area contributed by atoms with E-state index in [9.17, 15) is 14.0 Å². The molecule has 24 heavy (non-hydrogen) atoms. The number of ketones is 1. The molecular weight excluding hydrogens is 311 g/mol. The Kier molecular flexibility index (Phi) is 4.42. The van der Waals surface area contributed by atoms with E-state index in [4.69, 9.17) is 0 Å². The number of rotatable bonds is 4. The van der Waals surface area contributed by atoms with Crippen molar-refractivity contribution >= 4 is 11.7 Å². The number of benzene rings is 1. The SMILES string of the molecule is CC(=O)c1cn(CC(=O)NC2c3cccc(F)c3CCC2C)nn1. The summed E-state index contributed by atoms with van der Waals surface area (Å²) in [4.78, 5) is 23.5. The zero-order chi connectivity index (χ0) is 17.3. The van der Waals surface area contributed by atoms with Gasteiger partial charge in [0.2, 0.25) is 5.91 Å². The van der Waals surface area contributed by atoms with Crippen LogP contribution in [-0.4, -0.2) is 26.7 Å². The number of carbonyl (C=O) groups excluding carboxylic acids is 2. The number of hydrogen-bond acceptors (Lipinski definition) is 4. The predicted molar refractivity (Wildman–Crippen MR) is 84.8 cm³/mol. The Morgan fingerprint density at radius 1 is 1.42 bits per heavy atom. The van der Waals surface area contributed by atoms with Crippen LogP contribution in [0.3, 0.4) is 0 Å². The first-order valence-corrected chi connectivity index (χ1v) is 7.93. The minimum Gasteiger partial charge on any atom is -0.347 e. The first kappa shape index (κ1) is 16.3. The summed E-state index contributed by atoms with van der Waals surface area (Å²) in [5.41, 5.74) is 1.74. The number of Topliss-reactive ketones (excluding diaryl/α,β-unsaturated/α-hetero) is 1. The van der Waals surface area contributed by atoms with Crippen LogP contribution in [-0.2, 0) is 17.8 Å². The van der Waals surface area contributed by atoms with Crippen molar-refractivity contribution in [3.63, 3.8) is 0 Å². The standard InChI is InChI=1S/C17H19FN4O2/c1-10-6-7-12-13(4-3-5-14(12)18)17(10)19-16(24)9-22-8-15(11(2)23)20-21-22/h3-5,8,10,17H,6-7,9H2,1-2H3,(H,19,24). The molecule has 0 bridgehead atoms. The van der Waals surface area contributed by atoms with Crippen LogP contribution in [0.1, 0.15) is 47.9 Å². The number of nitrogens with zero attached hydrogens (tertiary/aromatic N) is 3. The Hall–Kier alpha value is -2.57. The fourth-order valence-corrected chi connectivity index (χ4v) is 3.10. The van der Waals surface area contributed by atoms with Gasteiger partial charge in [0.05, 0.1) is 12.2 Å². The number of halogens is 1. The van der Waals surface area contributed by atoms with Crippen molar-refractivity contribution in [1.29, 1.82) is 0 Å². The predicted octanol–water partition coefficient (Wildman–Crippen LogP) is 2.06. The number of aromatic nitrogens is 3. The monoisotopic (exact) mass is 330 g/mol. The quantitative estimate of drug-likeness (QED) is 0.871. The van der Waals surface area contributed by atoms with Gasteiger partial charge in [0.15, 0.2) is 5.78 Å². The number of amides is 1. The molecule has 0 fully saturated rings. The van der Waals surface area contributed by atoms with Crippen molar-refractivity contribution in [1.82, 2.24) is 20.3 Å². The molecule has 1 aliphatic carbocycles. The second-order valence-corrected chi connectivity index (χ2v) is 6.23.